The molecule has 0 amide bonds. The van der Waals surface area contributed by atoms with Crippen LogP contribution < -0.4 is 0 Å². The Hall–Kier alpha value is -2.46. The van der Waals surface area contributed by atoms with Crippen molar-refractivity contribution in [1.29, 1.82) is 0 Å². The van der Waals surface area contributed by atoms with E-state index in [9.17, 15) is 14.7 Å². The fourth-order valence-corrected chi connectivity index (χ4v) is 6.83. The number of carbonyl (C=O) groups is 2. The lowest BCUT2D eigenvalue weighted by Crippen LogP contribution is -2.59. The molecule has 6 atom stereocenters. The van der Waals surface area contributed by atoms with Crippen molar-refractivity contribution < 1.29 is 35.1 Å². The van der Waals surface area contributed by atoms with Crippen molar-refractivity contribution in [1.82, 2.24) is 9.55 Å². The fourth-order valence-electron chi connectivity index (χ4n) is 6.63. The molecular weight excluding hydrogens is 464 g/mol. The number of imidazole rings is 1. The van der Waals surface area contributed by atoms with Gasteiger partial charge in [-0.25, -0.2) is 14.6 Å². The summed E-state index contributed by atoms with van der Waals surface area (Å²) in [7, 11) is 0. The van der Waals surface area contributed by atoms with Crippen molar-refractivity contribution >= 4 is 23.5 Å². The smallest absolute Gasteiger partial charge is 0.335 e. The minimum Gasteiger partial charge on any atom is -0.479 e. The topological polar surface area (TPSA) is 153 Å². The summed E-state index contributed by atoms with van der Waals surface area (Å²) in [5, 5.41) is 44.6. The Morgan fingerprint density at radius 3 is 2.18 bits per heavy atom. The van der Waals surface area contributed by atoms with Gasteiger partial charge in [0.25, 0.3) is 0 Å². The van der Waals surface area contributed by atoms with E-state index in [4.69, 9.17) is 32.0 Å². The van der Waals surface area contributed by atoms with Crippen molar-refractivity contribution in [3.8, 4) is 0 Å². The van der Waals surface area contributed by atoms with E-state index in [1.807, 2.05) is 30.9 Å². The molecule has 6 rings (SSSR count). The van der Waals surface area contributed by atoms with Gasteiger partial charge < -0.3 is 30.1 Å². The van der Waals surface area contributed by atoms with Crippen LogP contribution in [0.5, 0.6) is 0 Å². The maximum absolute atomic E-state index is 11.3. The van der Waals surface area contributed by atoms with Gasteiger partial charge in [-0.1, -0.05) is 23.7 Å². The zero-order valence-electron chi connectivity index (χ0n) is 18.4. The molecule has 1 aromatic heterocycles. The van der Waals surface area contributed by atoms with Gasteiger partial charge in [-0.05, 0) is 67.6 Å². The number of carboxylic acids is 2. The normalized spacial score (nSPS) is 31.8. The van der Waals surface area contributed by atoms with E-state index in [2.05, 4.69) is 21.7 Å². The molecule has 4 saturated carbocycles. The molecule has 4 bridgehead atoms. The number of aliphatic hydroxyl groups is 3. The van der Waals surface area contributed by atoms with E-state index in [0.29, 0.717) is 5.92 Å². The van der Waals surface area contributed by atoms with E-state index in [0.717, 1.165) is 29.7 Å². The number of aromatic nitrogens is 2. The number of rotatable bonds is 6. The monoisotopic (exact) mass is 492 g/mol. The Bertz CT molecular complexity index is 998. The highest BCUT2D eigenvalue weighted by Crippen LogP contribution is 2.64. The van der Waals surface area contributed by atoms with Gasteiger partial charge >= 0.3 is 11.9 Å². The third kappa shape index (κ3) is 4.57. The molecule has 5 N–H and O–H groups in total. The summed E-state index contributed by atoms with van der Waals surface area (Å²) >= 11 is 6.31. The van der Waals surface area contributed by atoms with Crippen LogP contribution in [0.15, 0.2) is 43.0 Å². The van der Waals surface area contributed by atoms with E-state index < -0.39 is 24.1 Å². The summed E-state index contributed by atoms with van der Waals surface area (Å²) in [6, 6.07) is 8.28. The van der Waals surface area contributed by atoms with Crippen LogP contribution in [0, 0.1) is 23.2 Å². The first-order valence-corrected chi connectivity index (χ1v) is 11.7. The van der Waals surface area contributed by atoms with Crippen molar-refractivity contribution in [3.63, 3.8) is 0 Å². The first-order chi connectivity index (χ1) is 16.1. The standard InChI is InChI=1S/C20H23ClN2O.C4H6O6/c21-17-3-1-2-15(9-17)18(23-5-4-22-12-23)20-10-13-6-14(11-20)8-16(7-13)19(20)24;5-1(3(7)8)2(6)4(9)10/h1-5,9,12-14,16,18-19,24H,6-8,10-11H2;1-2,5-6H,(H,7,8)(H,9,10). The number of nitrogens with zero attached hydrogens (tertiary/aromatic N) is 2. The van der Waals surface area contributed by atoms with Crippen molar-refractivity contribution in [2.75, 3.05) is 0 Å². The number of carboxylic acid groups (broad SMARTS) is 2. The molecule has 9 nitrogen and oxygen atoms in total. The number of halogens is 1. The molecular formula is C24H29ClN2O7. The second kappa shape index (κ2) is 9.65. The molecule has 0 radical (unpaired) electrons. The molecule has 4 aliphatic carbocycles. The van der Waals surface area contributed by atoms with Crippen LogP contribution in [0.25, 0.3) is 0 Å². The molecule has 1 aromatic carbocycles. The molecule has 1 heterocycles. The Morgan fingerprint density at radius 2 is 1.68 bits per heavy atom. The van der Waals surface area contributed by atoms with Gasteiger partial charge in [-0.15, -0.1) is 0 Å². The molecule has 4 aliphatic rings. The molecule has 0 aliphatic heterocycles. The van der Waals surface area contributed by atoms with Crippen molar-refractivity contribution in [2.45, 2.75) is 56.5 Å². The fraction of sp³-hybridized carbons (Fsp3) is 0.542. The first-order valence-electron chi connectivity index (χ1n) is 11.3. The number of benzene rings is 1. The minimum absolute atomic E-state index is 0.0832. The molecule has 34 heavy (non-hydrogen) atoms. The highest BCUT2D eigenvalue weighted by Gasteiger charge is 2.60. The minimum atomic E-state index is -2.27. The Kier molecular flexibility index (Phi) is 7.00. The average molecular weight is 493 g/mol. The number of aliphatic hydroxyl groups excluding tert-OH is 3. The summed E-state index contributed by atoms with van der Waals surface area (Å²) in [4.78, 5) is 23.8. The van der Waals surface area contributed by atoms with Crippen LogP contribution in [-0.4, -0.2) is 65.3 Å². The van der Waals surface area contributed by atoms with E-state index in [-0.39, 0.29) is 17.6 Å². The predicted molar refractivity (Wildman–Crippen MR) is 121 cm³/mol. The molecule has 184 valence electrons. The van der Waals surface area contributed by atoms with Crippen LogP contribution in [-0.2, 0) is 9.59 Å². The van der Waals surface area contributed by atoms with Crippen LogP contribution in [0.3, 0.4) is 0 Å². The number of hydrogen-bond acceptors (Lipinski definition) is 6. The van der Waals surface area contributed by atoms with Gasteiger partial charge in [-0.3, -0.25) is 0 Å². The average Bonchev–Trinajstić information content (AvgIpc) is 3.30. The van der Waals surface area contributed by atoms with Crippen LogP contribution in [0.1, 0.15) is 43.7 Å². The Morgan fingerprint density at radius 1 is 1.06 bits per heavy atom. The molecule has 6 unspecified atom stereocenters. The second-order valence-corrected chi connectivity index (χ2v) is 10.3. The summed E-state index contributed by atoms with van der Waals surface area (Å²) in [5.41, 5.74) is 1.11. The lowest BCUT2D eigenvalue weighted by molar-refractivity contribution is -0.170. The summed E-state index contributed by atoms with van der Waals surface area (Å²) in [6.07, 6.45) is 7.05. The van der Waals surface area contributed by atoms with Gasteiger partial charge in [0.15, 0.2) is 12.2 Å². The second-order valence-electron chi connectivity index (χ2n) is 9.82. The quantitative estimate of drug-likeness (QED) is 0.411. The first kappa shape index (κ1) is 24.7. The summed E-state index contributed by atoms with van der Waals surface area (Å²) in [5.74, 6) is -1.52. The van der Waals surface area contributed by atoms with Crippen LogP contribution in [0.2, 0.25) is 5.02 Å². The number of aliphatic carboxylic acids is 2. The number of hydrogen-bond donors (Lipinski definition) is 5. The van der Waals surface area contributed by atoms with Gasteiger partial charge in [0.1, 0.15) is 0 Å². The predicted octanol–water partition coefficient (Wildman–Crippen LogP) is 2.19. The summed E-state index contributed by atoms with van der Waals surface area (Å²) in [6.45, 7) is 0. The van der Waals surface area contributed by atoms with Gasteiger partial charge in [0.05, 0.1) is 18.5 Å². The van der Waals surface area contributed by atoms with Gasteiger partial charge in [0, 0.05) is 22.8 Å². The van der Waals surface area contributed by atoms with Crippen molar-refractivity contribution in [2.24, 2.45) is 23.2 Å². The summed E-state index contributed by atoms with van der Waals surface area (Å²) < 4.78 is 2.20. The van der Waals surface area contributed by atoms with Crippen LogP contribution >= 0.6 is 11.6 Å². The van der Waals surface area contributed by atoms with E-state index >= 15 is 0 Å². The zero-order chi connectivity index (χ0) is 24.6. The third-order valence-corrected chi connectivity index (χ3v) is 7.88. The largest absolute Gasteiger partial charge is 0.479 e. The van der Waals surface area contributed by atoms with Gasteiger partial charge in [-0.2, -0.15) is 0 Å². The molecule has 4 fully saturated rings. The Labute approximate surface area is 201 Å². The molecule has 2 aromatic rings. The maximum Gasteiger partial charge on any atom is 0.335 e. The van der Waals surface area contributed by atoms with Crippen LogP contribution in [0.4, 0.5) is 0 Å². The lowest BCUT2D eigenvalue weighted by Gasteiger charge is -2.62. The molecule has 0 spiro atoms. The molecule has 0 saturated heterocycles. The SMILES string of the molecule is O=C(O)C(O)C(O)C(=O)O.OC1C2CC3CC(C2)CC1(C(c1cccc(Cl)c1)n1ccnc1)C3. The third-order valence-electron chi connectivity index (χ3n) is 7.65. The highest BCUT2D eigenvalue weighted by molar-refractivity contribution is 6.30. The highest BCUT2D eigenvalue weighted by atomic mass is 35.5. The Balaban J connectivity index is 0.000000235. The van der Waals surface area contributed by atoms with E-state index in [1.54, 1.807) is 0 Å². The lowest BCUT2D eigenvalue weighted by atomic mass is 9.45. The van der Waals surface area contributed by atoms with E-state index in [1.165, 1.54) is 24.8 Å². The maximum atomic E-state index is 11.3. The van der Waals surface area contributed by atoms with Gasteiger partial charge in [0.2, 0.25) is 0 Å². The zero-order valence-corrected chi connectivity index (χ0v) is 19.2. The van der Waals surface area contributed by atoms with Crippen molar-refractivity contribution in [3.05, 3.63) is 53.6 Å². The molecule has 10 heteroatoms.